The third kappa shape index (κ3) is 7.47. The van der Waals surface area contributed by atoms with Crippen molar-refractivity contribution in [3.63, 3.8) is 0 Å². The number of nitro benzene ring substituents is 1. The molecule has 1 fully saturated rings. The molecule has 172 valence electrons. The molecule has 0 spiro atoms. The second-order valence-electron chi connectivity index (χ2n) is 7.80. The van der Waals surface area contributed by atoms with E-state index in [0.717, 1.165) is 44.9 Å². The molecule has 1 N–H and O–H groups in total. The smallest absolute Gasteiger partial charge is 0.302 e. The van der Waals surface area contributed by atoms with Crippen molar-refractivity contribution >= 4 is 29.5 Å². The molecule has 1 aliphatic rings. The van der Waals surface area contributed by atoms with Crippen molar-refractivity contribution in [2.24, 2.45) is 0 Å². The van der Waals surface area contributed by atoms with Crippen molar-refractivity contribution in [3.8, 4) is 5.75 Å². The Kier molecular flexibility index (Phi) is 10.7. The highest BCUT2D eigenvalue weighted by Crippen LogP contribution is 2.34. The molecule has 1 aliphatic carbocycles. The van der Waals surface area contributed by atoms with E-state index >= 15 is 0 Å². The average Bonchev–Trinajstić information content (AvgIpc) is 2.77. The zero-order chi connectivity index (χ0) is 22.6. The molecule has 9 heteroatoms. The van der Waals surface area contributed by atoms with E-state index in [-0.39, 0.29) is 34.9 Å². The minimum atomic E-state index is -0.691. The Bertz CT molecular complexity index is 752. The maximum Gasteiger partial charge on any atom is 0.302 e. The minimum absolute atomic E-state index is 0.00871. The number of aliphatic hydroxyl groups is 1. The highest BCUT2D eigenvalue weighted by Gasteiger charge is 2.25. The number of carbonyl (C=O) groups excluding carboxylic acids is 2. The molecule has 8 nitrogen and oxygen atoms in total. The number of halogens is 1. The number of benzene rings is 1. The van der Waals surface area contributed by atoms with Gasteiger partial charge < -0.3 is 14.7 Å². The van der Waals surface area contributed by atoms with E-state index in [1.807, 2.05) is 4.90 Å². The minimum Gasteiger partial charge on any atom is -0.493 e. The number of aldehydes is 1. The highest BCUT2D eigenvalue weighted by molar-refractivity contribution is 6.33. The van der Waals surface area contributed by atoms with Gasteiger partial charge in [-0.05, 0) is 37.8 Å². The molecule has 0 atom stereocenters. The van der Waals surface area contributed by atoms with E-state index in [0.29, 0.717) is 32.3 Å². The van der Waals surface area contributed by atoms with Crippen molar-refractivity contribution in [3.05, 3.63) is 32.8 Å². The van der Waals surface area contributed by atoms with E-state index < -0.39 is 10.6 Å². The van der Waals surface area contributed by atoms with Crippen molar-refractivity contribution < 1.29 is 24.4 Å². The molecule has 0 aliphatic heterocycles. The van der Waals surface area contributed by atoms with Crippen LogP contribution in [0.5, 0.6) is 5.75 Å². The van der Waals surface area contributed by atoms with Crippen LogP contribution in [0.25, 0.3) is 0 Å². The molecule has 0 saturated heterocycles. The number of amides is 1. The van der Waals surface area contributed by atoms with Crippen molar-refractivity contribution in [1.29, 1.82) is 0 Å². The summed E-state index contributed by atoms with van der Waals surface area (Å²) in [5.41, 5.74) is -0.604. The number of aliphatic hydroxyl groups excluding tert-OH is 1. The first-order valence-corrected chi connectivity index (χ1v) is 11.3. The van der Waals surface area contributed by atoms with Crippen LogP contribution in [-0.2, 0) is 4.79 Å². The maximum absolute atomic E-state index is 12.6. The quantitative estimate of drug-likeness (QED) is 0.203. The topological polar surface area (TPSA) is 110 Å². The molecule has 1 amide bonds. The van der Waals surface area contributed by atoms with Gasteiger partial charge in [-0.1, -0.05) is 43.7 Å². The SMILES string of the molecule is O=Cc1c(OCCCCCCC(=O)N(CCO)C2CCCCC2)ccc(Cl)c1[N+](=O)[O-]. The summed E-state index contributed by atoms with van der Waals surface area (Å²) in [7, 11) is 0. The molecular formula is C22H31ClN2O6. The van der Waals surface area contributed by atoms with Gasteiger partial charge in [0.15, 0.2) is 6.29 Å². The van der Waals surface area contributed by atoms with Crippen LogP contribution in [0.3, 0.4) is 0 Å². The largest absolute Gasteiger partial charge is 0.493 e. The van der Waals surface area contributed by atoms with Gasteiger partial charge in [-0.3, -0.25) is 19.7 Å². The van der Waals surface area contributed by atoms with Crippen LogP contribution in [0.1, 0.15) is 74.6 Å². The van der Waals surface area contributed by atoms with Gasteiger partial charge in [-0.15, -0.1) is 0 Å². The molecule has 2 rings (SSSR count). The van der Waals surface area contributed by atoms with Crippen LogP contribution in [0, 0.1) is 10.1 Å². The zero-order valence-electron chi connectivity index (χ0n) is 17.8. The second-order valence-corrected chi connectivity index (χ2v) is 8.21. The molecular weight excluding hydrogens is 424 g/mol. The summed E-state index contributed by atoms with van der Waals surface area (Å²) in [6.45, 7) is 0.709. The summed E-state index contributed by atoms with van der Waals surface area (Å²) in [5, 5.41) is 20.3. The number of nitro groups is 1. The molecule has 1 aromatic carbocycles. The highest BCUT2D eigenvalue weighted by atomic mass is 35.5. The summed E-state index contributed by atoms with van der Waals surface area (Å²) in [5.74, 6) is 0.259. The Balaban J connectivity index is 1.71. The summed E-state index contributed by atoms with van der Waals surface area (Å²) in [6, 6.07) is 3.06. The third-order valence-electron chi connectivity index (χ3n) is 5.65. The first-order chi connectivity index (χ1) is 15.0. The Morgan fingerprint density at radius 1 is 1.23 bits per heavy atom. The molecule has 0 radical (unpaired) electrons. The summed E-state index contributed by atoms with van der Waals surface area (Å²) in [6.07, 6.45) is 9.56. The van der Waals surface area contributed by atoms with Gasteiger partial charge in [0.2, 0.25) is 5.91 Å². The zero-order valence-corrected chi connectivity index (χ0v) is 18.5. The van der Waals surface area contributed by atoms with Crippen LogP contribution in [-0.4, -0.2) is 52.9 Å². The molecule has 0 heterocycles. The van der Waals surface area contributed by atoms with Crippen LogP contribution >= 0.6 is 11.6 Å². The first kappa shape index (κ1) is 25.1. The fraction of sp³-hybridized carbons (Fsp3) is 0.636. The number of nitrogens with zero attached hydrogens (tertiary/aromatic N) is 2. The fourth-order valence-corrected chi connectivity index (χ4v) is 4.29. The Morgan fingerprint density at radius 3 is 2.58 bits per heavy atom. The Morgan fingerprint density at radius 2 is 1.94 bits per heavy atom. The number of rotatable bonds is 13. The van der Waals surface area contributed by atoms with Gasteiger partial charge in [-0.2, -0.15) is 0 Å². The number of carbonyl (C=O) groups is 2. The van der Waals surface area contributed by atoms with Crippen LogP contribution in [0.15, 0.2) is 12.1 Å². The first-order valence-electron chi connectivity index (χ1n) is 10.9. The molecule has 31 heavy (non-hydrogen) atoms. The van der Waals surface area contributed by atoms with E-state index in [4.69, 9.17) is 16.3 Å². The number of ether oxygens (including phenoxy) is 1. The van der Waals surface area contributed by atoms with Gasteiger partial charge in [0.1, 0.15) is 16.3 Å². The molecule has 0 unspecified atom stereocenters. The lowest BCUT2D eigenvalue weighted by molar-refractivity contribution is -0.385. The normalized spacial score (nSPS) is 14.3. The molecule has 0 aromatic heterocycles. The van der Waals surface area contributed by atoms with Crippen molar-refractivity contribution in [2.45, 2.75) is 70.3 Å². The average molecular weight is 455 g/mol. The van der Waals surface area contributed by atoms with E-state index in [1.165, 1.54) is 18.6 Å². The van der Waals surface area contributed by atoms with Crippen LogP contribution in [0.4, 0.5) is 5.69 Å². The number of hydrogen-bond acceptors (Lipinski definition) is 6. The standard InChI is InChI=1S/C22H31ClN2O6/c23-19-11-12-20(18(16-27)22(19)25(29)30)31-15-7-2-1-6-10-21(28)24(13-14-26)17-8-4-3-5-9-17/h11-12,16-17,26H,1-10,13-15H2. The molecule has 1 saturated carbocycles. The fourth-order valence-electron chi connectivity index (χ4n) is 4.06. The number of hydrogen-bond donors (Lipinski definition) is 1. The predicted octanol–water partition coefficient (Wildman–Crippen LogP) is 4.54. The van der Waals surface area contributed by atoms with E-state index in [1.54, 1.807) is 0 Å². The second kappa shape index (κ2) is 13.3. The lowest BCUT2D eigenvalue weighted by atomic mass is 9.94. The van der Waals surface area contributed by atoms with E-state index in [9.17, 15) is 24.8 Å². The van der Waals surface area contributed by atoms with Gasteiger partial charge in [0.25, 0.3) is 0 Å². The van der Waals surface area contributed by atoms with Gasteiger partial charge in [0, 0.05) is 19.0 Å². The van der Waals surface area contributed by atoms with Crippen LogP contribution < -0.4 is 4.74 Å². The van der Waals surface area contributed by atoms with Gasteiger partial charge >= 0.3 is 5.69 Å². The summed E-state index contributed by atoms with van der Waals surface area (Å²) in [4.78, 5) is 36.1. The lowest BCUT2D eigenvalue weighted by Crippen LogP contribution is -2.43. The van der Waals surface area contributed by atoms with Gasteiger partial charge in [0.05, 0.1) is 18.1 Å². The predicted molar refractivity (Wildman–Crippen MR) is 118 cm³/mol. The molecule has 1 aromatic rings. The maximum atomic E-state index is 12.6. The lowest BCUT2D eigenvalue weighted by Gasteiger charge is -2.34. The molecule has 0 bridgehead atoms. The van der Waals surface area contributed by atoms with E-state index in [2.05, 4.69) is 0 Å². The monoisotopic (exact) mass is 454 g/mol. The Labute approximate surface area is 187 Å². The summed E-state index contributed by atoms with van der Waals surface area (Å²) < 4.78 is 5.55. The summed E-state index contributed by atoms with van der Waals surface area (Å²) >= 11 is 5.81. The van der Waals surface area contributed by atoms with Crippen LogP contribution in [0.2, 0.25) is 5.02 Å². The number of unbranched alkanes of at least 4 members (excludes halogenated alkanes) is 3. The van der Waals surface area contributed by atoms with Gasteiger partial charge in [-0.25, -0.2) is 0 Å². The Hall–Kier alpha value is -2.19. The van der Waals surface area contributed by atoms with Crippen molar-refractivity contribution in [2.75, 3.05) is 19.8 Å². The third-order valence-corrected chi connectivity index (χ3v) is 5.95. The van der Waals surface area contributed by atoms with Crippen molar-refractivity contribution in [1.82, 2.24) is 4.90 Å².